The monoisotopic (exact) mass is 432 g/mol. The molecule has 4 rings (SSSR count). The first-order valence-corrected chi connectivity index (χ1v) is 9.56. The number of fused-ring (bicyclic) bond motifs is 1. The molecule has 0 aliphatic carbocycles. The summed E-state index contributed by atoms with van der Waals surface area (Å²) in [6, 6.07) is 12.9. The van der Waals surface area contributed by atoms with Crippen molar-refractivity contribution < 1.29 is 0 Å². The first-order chi connectivity index (χ1) is 11.7. The number of benzene rings is 1. The Morgan fingerprint density at radius 3 is 2.88 bits per heavy atom. The predicted molar refractivity (Wildman–Crippen MR) is 104 cm³/mol. The molecule has 0 amide bonds. The number of rotatable bonds is 3. The lowest BCUT2D eigenvalue weighted by Crippen LogP contribution is -2.34. The topological polar surface area (TPSA) is 33.4 Å². The minimum absolute atomic E-state index is 0.517. The van der Waals surface area contributed by atoms with Gasteiger partial charge in [0.15, 0.2) is 5.65 Å². The molecule has 1 unspecified atom stereocenters. The van der Waals surface area contributed by atoms with Crippen LogP contribution in [0.5, 0.6) is 0 Å². The summed E-state index contributed by atoms with van der Waals surface area (Å²) < 4.78 is 3.22. The SMILES string of the molecule is Cc1nn2c(C3CCCN(Cc4ccccc4)C3)ccnc2c1I. The van der Waals surface area contributed by atoms with Gasteiger partial charge < -0.3 is 0 Å². The Morgan fingerprint density at radius 1 is 1.21 bits per heavy atom. The maximum absolute atomic E-state index is 4.73. The maximum atomic E-state index is 4.73. The van der Waals surface area contributed by atoms with Crippen molar-refractivity contribution in [2.45, 2.75) is 32.2 Å². The average molecular weight is 432 g/mol. The van der Waals surface area contributed by atoms with Gasteiger partial charge in [-0.3, -0.25) is 4.90 Å². The van der Waals surface area contributed by atoms with Gasteiger partial charge >= 0.3 is 0 Å². The molecule has 0 N–H and O–H groups in total. The van der Waals surface area contributed by atoms with E-state index in [2.05, 4.69) is 80.3 Å². The van der Waals surface area contributed by atoms with Crippen LogP contribution in [0.4, 0.5) is 0 Å². The van der Waals surface area contributed by atoms with E-state index in [1.807, 2.05) is 6.20 Å². The van der Waals surface area contributed by atoms with Crippen molar-refractivity contribution in [3.63, 3.8) is 0 Å². The third-order valence-electron chi connectivity index (χ3n) is 4.82. The van der Waals surface area contributed by atoms with Crippen LogP contribution in [0.1, 0.15) is 35.7 Å². The van der Waals surface area contributed by atoms with Gasteiger partial charge in [-0.1, -0.05) is 30.3 Å². The van der Waals surface area contributed by atoms with E-state index >= 15 is 0 Å². The average Bonchev–Trinajstić information content (AvgIpc) is 2.91. The summed E-state index contributed by atoms with van der Waals surface area (Å²) in [5.74, 6) is 0.517. The van der Waals surface area contributed by atoms with Gasteiger partial charge in [-0.15, -0.1) is 0 Å². The number of hydrogen-bond donors (Lipinski definition) is 0. The van der Waals surface area contributed by atoms with Crippen molar-refractivity contribution in [3.05, 3.63) is 63.1 Å². The molecule has 1 aliphatic rings. The lowest BCUT2D eigenvalue weighted by Gasteiger charge is -2.33. The van der Waals surface area contributed by atoms with Crippen molar-refractivity contribution in [1.82, 2.24) is 19.5 Å². The van der Waals surface area contributed by atoms with Crippen molar-refractivity contribution in [2.75, 3.05) is 13.1 Å². The van der Waals surface area contributed by atoms with E-state index in [4.69, 9.17) is 5.10 Å². The maximum Gasteiger partial charge on any atom is 0.168 e. The van der Waals surface area contributed by atoms with Gasteiger partial charge in [-0.2, -0.15) is 5.10 Å². The van der Waals surface area contributed by atoms with Gasteiger partial charge in [-0.05, 0) is 60.5 Å². The van der Waals surface area contributed by atoms with Crippen molar-refractivity contribution in [2.24, 2.45) is 0 Å². The highest BCUT2D eigenvalue weighted by atomic mass is 127. The van der Waals surface area contributed by atoms with E-state index in [0.29, 0.717) is 5.92 Å². The fourth-order valence-corrected chi connectivity index (χ4v) is 4.11. The van der Waals surface area contributed by atoms with E-state index in [1.165, 1.54) is 30.6 Å². The zero-order valence-electron chi connectivity index (χ0n) is 13.8. The van der Waals surface area contributed by atoms with E-state index in [-0.39, 0.29) is 0 Å². The molecule has 1 atom stereocenters. The third kappa shape index (κ3) is 3.07. The molecule has 0 radical (unpaired) electrons. The number of nitrogens with zero attached hydrogens (tertiary/aromatic N) is 4. The lowest BCUT2D eigenvalue weighted by atomic mass is 9.94. The van der Waals surface area contributed by atoms with Gasteiger partial charge in [-0.25, -0.2) is 9.50 Å². The van der Waals surface area contributed by atoms with Crippen LogP contribution in [0.25, 0.3) is 5.65 Å². The number of halogens is 1. The Kier molecular flexibility index (Phi) is 4.54. The van der Waals surface area contributed by atoms with Crippen LogP contribution in [0, 0.1) is 10.5 Å². The summed E-state index contributed by atoms with van der Waals surface area (Å²) in [6.45, 7) is 5.35. The minimum Gasteiger partial charge on any atom is -0.298 e. The number of piperidine rings is 1. The van der Waals surface area contributed by atoms with E-state index in [1.54, 1.807) is 0 Å². The van der Waals surface area contributed by atoms with Gasteiger partial charge in [0.05, 0.1) is 15.0 Å². The molecule has 2 aromatic heterocycles. The molecule has 0 bridgehead atoms. The minimum atomic E-state index is 0.517. The zero-order valence-corrected chi connectivity index (χ0v) is 16.0. The summed E-state index contributed by atoms with van der Waals surface area (Å²) in [5.41, 5.74) is 4.74. The second-order valence-corrected chi connectivity index (χ2v) is 7.64. The molecule has 5 heteroatoms. The van der Waals surface area contributed by atoms with Crippen LogP contribution >= 0.6 is 22.6 Å². The number of likely N-dealkylation sites (tertiary alicyclic amines) is 1. The van der Waals surface area contributed by atoms with Crippen LogP contribution in [0.3, 0.4) is 0 Å². The standard InChI is InChI=1S/C19H21IN4/c1-14-18(20)19-21-10-9-17(24(19)22-14)16-8-5-11-23(13-16)12-15-6-3-2-4-7-15/h2-4,6-7,9-10,16H,5,8,11-13H2,1H3. The Balaban J connectivity index is 1.59. The van der Waals surface area contributed by atoms with Crippen molar-refractivity contribution in [1.29, 1.82) is 0 Å². The Morgan fingerprint density at radius 2 is 2.04 bits per heavy atom. The molecule has 1 fully saturated rings. The van der Waals surface area contributed by atoms with E-state index in [0.717, 1.165) is 28.0 Å². The number of aromatic nitrogens is 3. The second kappa shape index (κ2) is 6.80. The van der Waals surface area contributed by atoms with E-state index < -0.39 is 0 Å². The Bertz CT molecular complexity index is 843. The summed E-state index contributed by atoms with van der Waals surface area (Å²) in [7, 11) is 0. The highest BCUT2D eigenvalue weighted by Gasteiger charge is 2.24. The van der Waals surface area contributed by atoms with Crippen molar-refractivity contribution in [3.8, 4) is 0 Å². The summed E-state index contributed by atoms with van der Waals surface area (Å²) in [5, 5.41) is 4.73. The largest absolute Gasteiger partial charge is 0.298 e. The van der Waals surface area contributed by atoms with Gasteiger partial charge in [0.25, 0.3) is 0 Å². The number of aryl methyl sites for hydroxylation is 1. The molecule has 3 aromatic rings. The molecule has 1 aromatic carbocycles. The van der Waals surface area contributed by atoms with Crippen LogP contribution < -0.4 is 0 Å². The first-order valence-electron chi connectivity index (χ1n) is 8.48. The van der Waals surface area contributed by atoms with Crippen LogP contribution in [0.15, 0.2) is 42.6 Å². The number of hydrogen-bond acceptors (Lipinski definition) is 3. The van der Waals surface area contributed by atoms with Crippen molar-refractivity contribution >= 4 is 28.2 Å². The molecule has 1 saturated heterocycles. The summed E-state index contributed by atoms with van der Waals surface area (Å²) in [4.78, 5) is 7.09. The van der Waals surface area contributed by atoms with Gasteiger partial charge in [0.2, 0.25) is 0 Å². The van der Waals surface area contributed by atoms with Crippen LogP contribution in [0.2, 0.25) is 0 Å². The summed E-state index contributed by atoms with van der Waals surface area (Å²) in [6.07, 6.45) is 4.39. The molecule has 4 nitrogen and oxygen atoms in total. The Labute approximate surface area is 156 Å². The fraction of sp³-hybridized carbons (Fsp3) is 0.368. The molecular weight excluding hydrogens is 411 g/mol. The second-order valence-electron chi connectivity index (χ2n) is 6.56. The third-order valence-corrected chi connectivity index (χ3v) is 6.09. The Hall–Kier alpha value is -1.47. The van der Waals surface area contributed by atoms with Crippen LogP contribution in [-0.2, 0) is 6.54 Å². The molecule has 1 aliphatic heterocycles. The van der Waals surface area contributed by atoms with Crippen LogP contribution in [-0.4, -0.2) is 32.6 Å². The smallest absolute Gasteiger partial charge is 0.168 e. The summed E-state index contributed by atoms with van der Waals surface area (Å²) >= 11 is 2.35. The van der Waals surface area contributed by atoms with E-state index in [9.17, 15) is 0 Å². The fourth-order valence-electron chi connectivity index (χ4n) is 3.63. The normalized spacial score (nSPS) is 19.0. The molecule has 0 spiro atoms. The first kappa shape index (κ1) is 16.0. The highest BCUT2D eigenvalue weighted by Crippen LogP contribution is 2.29. The zero-order chi connectivity index (χ0) is 16.5. The molecule has 0 saturated carbocycles. The molecular formula is C19H21IN4. The highest BCUT2D eigenvalue weighted by molar-refractivity contribution is 14.1. The molecule has 24 heavy (non-hydrogen) atoms. The molecule has 3 heterocycles. The predicted octanol–water partition coefficient (Wildman–Crippen LogP) is 4.02. The lowest BCUT2D eigenvalue weighted by molar-refractivity contribution is 0.197. The quantitative estimate of drug-likeness (QED) is 0.587. The molecule has 124 valence electrons. The van der Waals surface area contributed by atoms with Gasteiger partial charge in [0, 0.05) is 25.2 Å². The van der Waals surface area contributed by atoms with Gasteiger partial charge in [0.1, 0.15) is 0 Å².